The largest absolute Gasteiger partial charge is 0.352 e. The van der Waals surface area contributed by atoms with Crippen molar-refractivity contribution in [1.82, 2.24) is 20.2 Å². The number of carbonyl (C=O) groups is 1. The summed E-state index contributed by atoms with van der Waals surface area (Å²) in [7, 11) is 0. The molecule has 0 spiro atoms. The number of hydrogen-bond donors (Lipinski definition) is 2. The molecule has 1 aromatic heterocycles. The summed E-state index contributed by atoms with van der Waals surface area (Å²) >= 11 is 1.27. The molecule has 160 valence electrons. The standard InChI is InChI=1S/C22H28FN5OS/c1-13(22-9-14-6-15(10-22)8-16(7-14)11-22)25-19(29)12-30-21-27-26-20(28(21)24)17-2-4-18(23)5-3-17/h2-5,13-16H,6-12,24H2,1H3,(H,25,29). The van der Waals surface area contributed by atoms with E-state index < -0.39 is 0 Å². The number of benzene rings is 1. The van der Waals surface area contributed by atoms with Gasteiger partial charge in [0.25, 0.3) is 0 Å². The third kappa shape index (κ3) is 3.59. The van der Waals surface area contributed by atoms with Crippen molar-refractivity contribution in [3.63, 3.8) is 0 Å². The summed E-state index contributed by atoms with van der Waals surface area (Å²) in [5.74, 6) is 9.09. The second-order valence-corrected chi connectivity index (χ2v) is 10.5. The lowest BCUT2D eigenvalue weighted by Gasteiger charge is -2.59. The van der Waals surface area contributed by atoms with E-state index in [0.717, 1.165) is 17.8 Å². The van der Waals surface area contributed by atoms with Crippen molar-refractivity contribution in [2.75, 3.05) is 11.6 Å². The highest BCUT2D eigenvalue weighted by molar-refractivity contribution is 7.99. The fourth-order valence-corrected chi connectivity index (χ4v) is 7.11. The number of hydrogen-bond acceptors (Lipinski definition) is 5. The smallest absolute Gasteiger partial charge is 0.230 e. The SMILES string of the molecule is CC(NC(=O)CSc1nnc(-c2ccc(F)cc2)n1N)C12CC3CC(CC(C3)C1)C2. The minimum absolute atomic E-state index is 0.00887. The van der Waals surface area contributed by atoms with E-state index in [1.165, 1.54) is 67.1 Å². The van der Waals surface area contributed by atoms with E-state index in [1.54, 1.807) is 12.1 Å². The van der Waals surface area contributed by atoms with Gasteiger partial charge in [0.2, 0.25) is 11.1 Å². The third-order valence-corrected chi connectivity index (χ3v) is 8.42. The van der Waals surface area contributed by atoms with Crippen LogP contribution in [0.5, 0.6) is 0 Å². The van der Waals surface area contributed by atoms with Crippen LogP contribution in [0.2, 0.25) is 0 Å². The molecule has 0 aliphatic heterocycles. The van der Waals surface area contributed by atoms with Crippen LogP contribution in [-0.4, -0.2) is 32.6 Å². The van der Waals surface area contributed by atoms with Crippen LogP contribution in [-0.2, 0) is 4.79 Å². The Kier molecular flexibility index (Phi) is 5.00. The van der Waals surface area contributed by atoms with Crippen LogP contribution >= 0.6 is 11.8 Å². The van der Waals surface area contributed by atoms with E-state index in [9.17, 15) is 9.18 Å². The second-order valence-electron chi connectivity index (χ2n) is 9.54. The van der Waals surface area contributed by atoms with E-state index in [0.29, 0.717) is 22.0 Å². The number of nitrogens with one attached hydrogen (secondary N) is 1. The average molecular weight is 430 g/mol. The molecule has 1 heterocycles. The zero-order valence-corrected chi connectivity index (χ0v) is 18.0. The van der Waals surface area contributed by atoms with Gasteiger partial charge in [0, 0.05) is 11.6 Å². The third-order valence-electron chi connectivity index (χ3n) is 7.48. The van der Waals surface area contributed by atoms with Crippen molar-refractivity contribution in [3.8, 4) is 11.4 Å². The fourth-order valence-electron chi connectivity index (χ4n) is 6.45. The molecule has 4 saturated carbocycles. The molecule has 6 nitrogen and oxygen atoms in total. The van der Waals surface area contributed by atoms with E-state index in [4.69, 9.17) is 5.84 Å². The van der Waals surface area contributed by atoms with E-state index >= 15 is 0 Å². The summed E-state index contributed by atoms with van der Waals surface area (Å²) in [5, 5.41) is 11.9. The summed E-state index contributed by atoms with van der Waals surface area (Å²) in [4.78, 5) is 12.7. The molecule has 30 heavy (non-hydrogen) atoms. The van der Waals surface area contributed by atoms with Crippen LogP contribution in [0.1, 0.15) is 45.4 Å². The van der Waals surface area contributed by atoms with E-state index in [-0.39, 0.29) is 23.5 Å². The Morgan fingerprint density at radius 1 is 1.20 bits per heavy atom. The summed E-state index contributed by atoms with van der Waals surface area (Å²) < 4.78 is 14.5. The van der Waals surface area contributed by atoms with Crippen molar-refractivity contribution >= 4 is 17.7 Å². The number of thioether (sulfide) groups is 1. The highest BCUT2D eigenvalue weighted by Gasteiger charge is 2.53. The maximum Gasteiger partial charge on any atom is 0.230 e. The molecule has 1 amide bonds. The van der Waals surface area contributed by atoms with Gasteiger partial charge in [-0.1, -0.05) is 11.8 Å². The monoisotopic (exact) mass is 429 g/mol. The van der Waals surface area contributed by atoms with Gasteiger partial charge in [0.1, 0.15) is 5.82 Å². The fraction of sp³-hybridized carbons (Fsp3) is 0.591. The number of amides is 1. The lowest BCUT2D eigenvalue weighted by molar-refractivity contribution is -0.123. The molecule has 4 bridgehead atoms. The summed E-state index contributed by atoms with van der Waals surface area (Å²) in [5.41, 5.74) is 0.969. The zero-order chi connectivity index (χ0) is 20.9. The topological polar surface area (TPSA) is 85.8 Å². The molecule has 4 aliphatic carbocycles. The predicted octanol–water partition coefficient (Wildman–Crippen LogP) is 3.61. The van der Waals surface area contributed by atoms with Crippen LogP contribution in [0.4, 0.5) is 4.39 Å². The van der Waals surface area contributed by atoms with Gasteiger partial charge in [-0.2, -0.15) is 0 Å². The van der Waals surface area contributed by atoms with Crippen LogP contribution in [0.3, 0.4) is 0 Å². The summed E-state index contributed by atoms with van der Waals surface area (Å²) in [6, 6.07) is 6.13. The molecule has 0 saturated heterocycles. The van der Waals surface area contributed by atoms with Gasteiger partial charge in [-0.25, -0.2) is 9.07 Å². The highest BCUT2D eigenvalue weighted by atomic mass is 32.2. The maximum atomic E-state index is 13.1. The average Bonchev–Trinajstić information content (AvgIpc) is 3.06. The molecular weight excluding hydrogens is 401 g/mol. The minimum atomic E-state index is -0.318. The van der Waals surface area contributed by atoms with Crippen LogP contribution in [0.25, 0.3) is 11.4 Å². The Hall–Kier alpha value is -2.09. The molecule has 1 aromatic carbocycles. The Bertz CT molecular complexity index is 908. The van der Waals surface area contributed by atoms with E-state index in [1.807, 2.05) is 0 Å². The van der Waals surface area contributed by atoms with Crippen LogP contribution < -0.4 is 11.2 Å². The van der Waals surface area contributed by atoms with Gasteiger partial charge in [-0.05, 0) is 92.9 Å². The molecule has 6 rings (SSSR count). The first-order valence-electron chi connectivity index (χ1n) is 10.8. The lowest BCUT2D eigenvalue weighted by atomic mass is 9.48. The summed E-state index contributed by atoms with van der Waals surface area (Å²) in [6.45, 7) is 2.19. The molecule has 8 heteroatoms. The van der Waals surface area contributed by atoms with Gasteiger partial charge < -0.3 is 11.2 Å². The number of rotatable bonds is 6. The van der Waals surface area contributed by atoms with Crippen LogP contribution in [0, 0.1) is 29.0 Å². The van der Waals surface area contributed by atoms with Crippen molar-refractivity contribution < 1.29 is 9.18 Å². The molecular formula is C22H28FN5OS. The first kappa shape index (κ1) is 19.8. The highest BCUT2D eigenvalue weighted by Crippen LogP contribution is 2.61. The minimum Gasteiger partial charge on any atom is -0.352 e. The molecule has 2 aromatic rings. The summed E-state index contributed by atoms with van der Waals surface area (Å²) in [6.07, 6.45) is 8.01. The second kappa shape index (κ2) is 7.55. The van der Waals surface area contributed by atoms with Crippen molar-refractivity contribution in [2.45, 2.75) is 56.6 Å². The van der Waals surface area contributed by atoms with Crippen LogP contribution in [0.15, 0.2) is 29.4 Å². The number of nitrogen functional groups attached to an aromatic ring is 1. The molecule has 4 aliphatic rings. The van der Waals surface area contributed by atoms with Gasteiger partial charge in [-0.3, -0.25) is 4.79 Å². The van der Waals surface area contributed by atoms with Gasteiger partial charge in [-0.15, -0.1) is 10.2 Å². The molecule has 3 N–H and O–H groups in total. The lowest BCUT2D eigenvalue weighted by Crippen LogP contribution is -2.56. The molecule has 4 fully saturated rings. The zero-order valence-electron chi connectivity index (χ0n) is 17.2. The molecule has 0 radical (unpaired) electrons. The van der Waals surface area contributed by atoms with Crippen molar-refractivity contribution in [3.05, 3.63) is 30.1 Å². The van der Waals surface area contributed by atoms with Gasteiger partial charge >= 0.3 is 0 Å². The Morgan fingerprint density at radius 3 is 2.40 bits per heavy atom. The number of carbonyl (C=O) groups excluding carboxylic acids is 1. The molecule has 1 unspecified atom stereocenters. The first-order chi connectivity index (χ1) is 14.4. The first-order valence-corrected chi connectivity index (χ1v) is 11.8. The van der Waals surface area contributed by atoms with Crippen molar-refractivity contribution in [1.29, 1.82) is 0 Å². The maximum absolute atomic E-state index is 13.1. The Balaban J connectivity index is 1.19. The Morgan fingerprint density at radius 2 is 1.80 bits per heavy atom. The normalized spacial score (nSPS) is 30.4. The molecule has 1 atom stereocenters. The number of nitrogens with two attached hydrogens (primary N) is 1. The van der Waals surface area contributed by atoms with Gasteiger partial charge in [0.15, 0.2) is 5.82 Å². The van der Waals surface area contributed by atoms with Gasteiger partial charge in [0.05, 0.1) is 5.75 Å². The predicted molar refractivity (Wildman–Crippen MR) is 115 cm³/mol. The number of halogens is 1. The quantitative estimate of drug-likeness (QED) is 0.541. The van der Waals surface area contributed by atoms with E-state index in [2.05, 4.69) is 22.4 Å². The number of nitrogens with zero attached hydrogens (tertiary/aromatic N) is 3. The Labute approximate surface area is 180 Å². The number of aromatic nitrogens is 3. The van der Waals surface area contributed by atoms with Crippen molar-refractivity contribution in [2.24, 2.45) is 23.2 Å².